The molecule has 1 N–H and O–H groups in total. The lowest BCUT2D eigenvalue weighted by Gasteiger charge is -2.35. The molecule has 4 nitrogen and oxygen atoms in total. The van der Waals surface area contributed by atoms with Crippen molar-refractivity contribution in [1.82, 2.24) is 15.1 Å². The molecule has 1 heterocycles. The first-order valence-corrected chi connectivity index (χ1v) is 7.86. The van der Waals surface area contributed by atoms with E-state index in [2.05, 4.69) is 29.0 Å². The third kappa shape index (κ3) is 8.58. The smallest absolute Gasteiger partial charge is 0.0587 e. The van der Waals surface area contributed by atoms with Gasteiger partial charge in [-0.1, -0.05) is 13.8 Å². The van der Waals surface area contributed by atoms with E-state index in [0.717, 1.165) is 25.6 Å². The number of unbranched alkanes of at least 4 members (excludes halogenated alkanes) is 1. The van der Waals surface area contributed by atoms with Gasteiger partial charge in [0, 0.05) is 46.4 Å². The SMILES string of the molecule is COCCNCCCCN1CCN(CC(C)C)CC1. The van der Waals surface area contributed by atoms with Crippen molar-refractivity contribution in [2.24, 2.45) is 5.92 Å². The van der Waals surface area contributed by atoms with Gasteiger partial charge in [0.05, 0.1) is 6.61 Å². The molecule has 19 heavy (non-hydrogen) atoms. The van der Waals surface area contributed by atoms with Crippen LogP contribution in [0, 0.1) is 5.92 Å². The Labute approximate surface area is 119 Å². The molecule has 1 saturated heterocycles. The maximum absolute atomic E-state index is 5.01. The average molecular weight is 271 g/mol. The summed E-state index contributed by atoms with van der Waals surface area (Å²) in [5.41, 5.74) is 0. The Kier molecular flexibility index (Phi) is 9.43. The summed E-state index contributed by atoms with van der Waals surface area (Å²) >= 11 is 0. The van der Waals surface area contributed by atoms with Gasteiger partial charge >= 0.3 is 0 Å². The van der Waals surface area contributed by atoms with Crippen molar-refractivity contribution >= 4 is 0 Å². The van der Waals surface area contributed by atoms with E-state index >= 15 is 0 Å². The zero-order valence-corrected chi connectivity index (χ0v) is 13.2. The third-order valence-electron chi connectivity index (χ3n) is 3.65. The lowest BCUT2D eigenvalue weighted by atomic mass is 10.2. The van der Waals surface area contributed by atoms with Crippen LogP contribution in [-0.2, 0) is 4.74 Å². The highest BCUT2D eigenvalue weighted by Crippen LogP contribution is 2.06. The standard InChI is InChI=1S/C15H33N3O/c1-15(2)14-18-11-9-17(10-12-18)8-5-4-6-16-7-13-19-3/h15-16H,4-14H2,1-3H3. The Balaban J connectivity index is 1.92. The van der Waals surface area contributed by atoms with Crippen LogP contribution in [0.3, 0.4) is 0 Å². The van der Waals surface area contributed by atoms with Crippen molar-refractivity contribution in [2.75, 3.05) is 66.1 Å². The van der Waals surface area contributed by atoms with Gasteiger partial charge in [-0.25, -0.2) is 0 Å². The van der Waals surface area contributed by atoms with Crippen LogP contribution in [0.15, 0.2) is 0 Å². The van der Waals surface area contributed by atoms with Gasteiger partial charge in [-0.3, -0.25) is 0 Å². The van der Waals surface area contributed by atoms with Crippen molar-refractivity contribution in [3.63, 3.8) is 0 Å². The highest BCUT2D eigenvalue weighted by molar-refractivity contribution is 4.72. The van der Waals surface area contributed by atoms with Crippen LogP contribution in [0.1, 0.15) is 26.7 Å². The first kappa shape index (κ1) is 16.9. The van der Waals surface area contributed by atoms with Crippen molar-refractivity contribution in [2.45, 2.75) is 26.7 Å². The van der Waals surface area contributed by atoms with E-state index in [0.29, 0.717) is 0 Å². The van der Waals surface area contributed by atoms with Crippen LogP contribution in [0.25, 0.3) is 0 Å². The number of rotatable bonds is 10. The highest BCUT2D eigenvalue weighted by atomic mass is 16.5. The predicted molar refractivity (Wildman–Crippen MR) is 81.7 cm³/mol. The second-order valence-corrected chi connectivity index (χ2v) is 5.99. The molecule has 0 aromatic rings. The van der Waals surface area contributed by atoms with Crippen LogP contribution in [0.4, 0.5) is 0 Å². The van der Waals surface area contributed by atoms with Gasteiger partial charge < -0.3 is 19.9 Å². The molecular formula is C15H33N3O. The van der Waals surface area contributed by atoms with Gasteiger partial charge in [0.25, 0.3) is 0 Å². The van der Waals surface area contributed by atoms with E-state index in [-0.39, 0.29) is 0 Å². The maximum atomic E-state index is 5.01. The Hall–Kier alpha value is -0.160. The number of hydrogen-bond donors (Lipinski definition) is 1. The van der Waals surface area contributed by atoms with Crippen molar-refractivity contribution in [1.29, 1.82) is 0 Å². The molecule has 0 amide bonds. The Morgan fingerprint density at radius 3 is 2.32 bits per heavy atom. The molecule has 0 aromatic carbocycles. The molecule has 1 rings (SSSR count). The van der Waals surface area contributed by atoms with E-state index in [9.17, 15) is 0 Å². The fourth-order valence-electron chi connectivity index (χ4n) is 2.60. The molecule has 114 valence electrons. The first-order valence-electron chi connectivity index (χ1n) is 7.86. The summed E-state index contributed by atoms with van der Waals surface area (Å²) in [5, 5.41) is 3.40. The van der Waals surface area contributed by atoms with E-state index in [4.69, 9.17) is 4.74 Å². The molecule has 0 unspecified atom stereocenters. The summed E-state index contributed by atoms with van der Waals surface area (Å²) < 4.78 is 5.01. The molecular weight excluding hydrogens is 238 g/mol. The summed E-state index contributed by atoms with van der Waals surface area (Å²) in [4.78, 5) is 5.22. The van der Waals surface area contributed by atoms with Gasteiger partial charge in [0.15, 0.2) is 0 Å². The third-order valence-corrected chi connectivity index (χ3v) is 3.65. The Morgan fingerprint density at radius 2 is 1.68 bits per heavy atom. The van der Waals surface area contributed by atoms with Gasteiger partial charge in [-0.05, 0) is 31.8 Å². The molecule has 0 radical (unpaired) electrons. The molecule has 0 spiro atoms. The molecule has 1 aliphatic heterocycles. The van der Waals surface area contributed by atoms with Gasteiger partial charge in [0.1, 0.15) is 0 Å². The van der Waals surface area contributed by atoms with Crippen LogP contribution in [-0.4, -0.2) is 75.9 Å². The summed E-state index contributed by atoms with van der Waals surface area (Å²) in [6, 6.07) is 0. The second-order valence-electron chi connectivity index (χ2n) is 5.99. The minimum absolute atomic E-state index is 0.796. The number of nitrogens with zero attached hydrogens (tertiary/aromatic N) is 2. The lowest BCUT2D eigenvalue weighted by molar-refractivity contribution is 0.121. The van der Waals surface area contributed by atoms with E-state index in [1.807, 2.05) is 0 Å². The van der Waals surface area contributed by atoms with E-state index in [1.165, 1.54) is 52.1 Å². The van der Waals surface area contributed by atoms with Crippen molar-refractivity contribution < 1.29 is 4.74 Å². The zero-order valence-electron chi connectivity index (χ0n) is 13.2. The molecule has 0 saturated carbocycles. The molecule has 1 aliphatic rings. The Morgan fingerprint density at radius 1 is 1.00 bits per heavy atom. The average Bonchev–Trinajstić information content (AvgIpc) is 2.39. The van der Waals surface area contributed by atoms with Crippen LogP contribution < -0.4 is 5.32 Å². The molecule has 0 bridgehead atoms. The van der Waals surface area contributed by atoms with E-state index in [1.54, 1.807) is 7.11 Å². The van der Waals surface area contributed by atoms with Crippen molar-refractivity contribution in [3.8, 4) is 0 Å². The maximum Gasteiger partial charge on any atom is 0.0587 e. The van der Waals surface area contributed by atoms with Crippen LogP contribution in [0.5, 0.6) is 0 Å². The van der Waals surface area contributed by atoms with Gasteiger partial charge in [0.2, 0.25) is 0 Å². The Bertz CT molecular complexity index is 204. The first-order chi connectivity index (χ1) is 9.22. The highest BCUT2D eigenvalue weighted by Gasteiger charge is 2.16. The summed E-state index contributed by atoms with van der Waals surface area (Å²) in [6.45, 7) is 15.1. The fraction of sp³-hybridized carbons (Fsp3) is 1.00. The second kappa shape index (κ2) is 10.6. The molecule has 4 heteroatoms. The zero-order chi connectivity index (χ0) is 13.9. The predicted octanol–water partition coefficient (Wildman–Crippen LogP) is 1.28. The number of hydrogen-bond acceptors (Lipinski definition) is 4. The van der Waals surface area contributed by atoms with Crippen molar-refractivity contribution in [3.05, 3.63) is 0 Å². The minimum Gasteiger partial charge on any atom is -0.383 e. The molecule has 0 aliphatic carbocycles. The number of piperazine rings is 1. The number of methoxy groups -OCH3 is 1. The summed E-state index contributed by atoms with van der Waals surface area (Å²) in [5.74, 6) is 0.796. The van der Waals surface area contributed by atoms with Gasteiger partial charge in [-0.15, -0.1) is 0 Å². The monoisotopic (exact) mass is 271 g/mol. The van der Waals surface area contributed by atoms with Crippen LogP contribution >= 0.6 is 0 Å². The fourth-order valence-corrected chi connectivity index (χ4v) is 2.60. The molecule has 0 atom stereocenters. The molecule has 0 aromatic heterocycles. The molecule has 1 fully saturated rings. The van der Waals surface area contributed by atoms with Crippen LogP contribution in [0.2, 0.25) is 0 Å². The number of ether oxygens (including phenoxy) is 1. The largest absolute Gasteiger partial charge is 0.383 e. The summed E-state index contributed by atoms with van der Waals surface area (Å²) in [7, 11) is 1.75. The van der Waals surface area contributed by atoms with Gasteiger partial charge in [-0.2, -0.15) is 0 Å². The number of nitrogens with one attached hydrogen (secondary N) is 1. The lowest BCUT2D eigenvalue weighted by Crippen LogP contribution is -2.47. The quantitative estimate of drug-likeness (QED) is 0.606. The topological polar surface area (TPSA) is 27.7 Å². The van der Waals surface area contributed by atoms with E-state index < -0.39 is 0 Å². The minimum atomic E-state index is 0.796. The summed E-state index contributed by atoms with van der Waals surface area (Å²) in [6.07, 6.45) is 2.58. The normalized spacial score (nSPS) is 18.3.